The second-order valence-electron chi connectivity index (χ2n) is 9.23. The predicted octanol–water partition coefficient (Wildman–Crippen LogP) is 6.69. The maximum absolute atomic E-state index is 15.3. The number of rotatable bonds is 10. The Hall–Kier alpha value is -3.72. The van der Waals surface area contributed by atoms with E-state index in [1.807, 2.05) is 0 Å². The Morgan fingerprint density at radius 3 is 2.34 bits per heavy atom. The molecule has 2 heterocycles. The average Bonchev–Trinajstić information content (AvgIpc) is 3.29. The Balaban J connectivity index is 1.55. The summed E-state index contributed by atoms with van der Waals surface area (Å²) in [6, 6.07) is 19.6. The molecular formula is C29H26F5N3O. The third-order valence-electron chi connectivity index (χ3n) is 6.62. The van der Waals surface area contributed by atoms with Gasteiger partial charge >= 0.3 is 0 Å². The number of nitrogens with one attached hydrogen (secondary N) is 1. The van der Waals surface area contributed by atoms with Crippen LogP contribution in [0.25, 0.3) is 22.0 Å². The number of H-pyrrole nitrogens is 1. The van der Waals surface area contributed by atoms with Crippen molar-refractivity contribution in [2.45, 2.75) is 25.1 Å². The van der Waals surface area contributed by atoms with Gasteiger partial charge in [0, 0.05) is 25.2 Å². The summed E-state index contributed by atoms with van der Waals surface area (Å²) < 4.78 is 75.7. The highest BCUT2D eigenvalue weighted by molar-refractivity contribution is 6.01. The van der Waals surface area contributed by atoms with Crippen molar-refractivity contribution in [1.29, 1.82) is 0 Å². The molecule has 1 aliphatic heterocycles. The molecule has 9 heteroatoms. The molecule has 5 rings (SSSR count). The molecule has 0 aliphatic carbocycles. The van der Waals surface area contributed by atoms with Crippen molar-refractivity contribution in [3.05, 3.63) is 95.4 Å². The van der Waals surface area contributed by atoms with E-state index in [0.29, 0.717) is 54.0 Å². The first-order chi connectivity index (χ1) is 18.4. The van der Waals surface area contributed by atoms with E-state index >= 15 is 4.39 Å². The van der Waals surface area contributed by atoms with Gasteiger partial charge in [0.2, 0.25) is 5.95 Å². The molecule has 1 fully saturated rings. The minimum absolute atomic E-state index is 0.0316. The number of likely N-dealkylation sites (tertiary alicyclic amines) is 1. The molecule has 1 saturated heterocycles. The van der Waals surface area contributed by atoms with E-state index in [2.05, 4.69) is 15.1 Å². The van der Waals surface area contributed by atoms with Gasteiger partial charge in [-0.25, -0.2) is 13.2 Å². The summed E-state index contributed by atoms with van der Waals surface area (Å²) in [6.45, 7) is 1.72. The third-order valence-corrected chi connectivity index (χ3v) is 6.62. The number of alkyl halides is 4. The normalized spacial score (nSPS) is 15.9. The fraction of sp³-hybridized carbons (Fsp3) is 0.276. The minimum atomic E-state index is -3.27. The van der Waals surface area contributed by atoms with Crippen LogP contribution in [0.3, 0.4) is 0 Å². The number of benzene rings is 3. The average molecular weight is 528 g/mol. The van der Waals surface area contributed by atoms with Crippen molar-refractivity contribution in [2.75, 3.05) is 26.3 Å². The summed E-state index contributed by atoms with van der Waals surface area (Å²) in [5, 5.41) is 6.32. The van der Waals surface area contributed by atoms with Crippen LogP contribution in [0.15, 0.2) is 72.8 Å². The van der Waals surface area contributed by atoms with Gasteiger partial charge in [0.1, 0.15) is 11.9 Å². The topological polar surface area (TPSA) is 41.1 Å². The zero-order valence-corrected chi connectivity index (χ0v) is 20.4. The number of fused-ring (bicyclic) bond motifs is 1. The molecule has 0 radical (unpaired) electrons. The quantitative estimate of drug-likeness (QED) is 0.185. The molecular weight excluding hydrogens is 501 g/mol. The lowest BCUT2D eigenvalue weighted by Gasteiger charge is -2.38. The van der Waals surface area contributed by atoms with Crippen LogP contribution in [0.1, 0.15) is 23.1 Å². The summed E-state index contributed by atoms with van der Waals surface area (Å²) in [4.78, 5) is 2.10. The molecule has 4 aromatic rings. The standard InChI is InChI=1S/C29H26F5N3O/c30-13-4-14-37-16-22(17-37)38-21-10-7-19(8-11-21)25(20-9-12-24-23(15-20)29(34)36-35-24)26(27(31)28(32)33)18-5-2-1-3-6-18/h1-3,5-12,15,22,27-28H,4,13-14,16-17H2,(H,35,36). The molecule has 0 bridgehead atoms. The van der Waals surface area contributed by atoms with Crippen LogP contribution in [-0.4, -0.2) is 60.1 Å². The Morgan fingerprint density at radius 1 is 0.947 bits per heavy atom. The Labute approximate surface area is 216 Å². The molecule has 38 heavy (non-hydrogen) atoms. The molecule has 1 aromatic heterocycles. The summed E-state index contributed by atoms with van der Waals surface area (Å²) in [7, 11) is 0. The van der Waals surface area contributed by atoms with Crippen molar-refractivity contribution in [3.8, 4) is 5.75 Å². The highest BCUT2D eigenvalue weighted by atomic mass is 19.3. The highest BCUT2D eigenvalue weighted by Gasteiger charge is 2.30. The van der Waals surface area contributed by atoms with E-state index in [9.17, 15) is 17.6 Å². The van der Waals surface area contributed by atoms with E-state index in [0.717, 1.165) is 0 Å². The minimum Gasteiger partial charge on any atom is -0.488 e. The third kappa shape index (κ3) is 5.43. The summed E-state index contributed by atoms with van der Waals surface area (Å²) >= 11 is 0. The number of allylic oxidation sites excluding steroid dienone is 1. The zero-order chi connectivity index (χ0) is 26.6. The van der Waals surface area contributed by atoms with Crippen molar-refractivity contribution in [2.24, 2.45) is 0 Å². The molecule has 1 atom stereocenters. The van der Waals surface area contributed by atoms with Crippen molar-refractivity contribution >= 4 is 22.0 Å². The molecule has 4 nitrogen and oxygen atoms in total. The van der Waals surface area contributed by atoms with Gasteiger partial charge in [-0.05, 0) is 52.9 Å². The van der Waals surface area contributed by atoms with Gasteiger partial charge in [-0.2, -0.15) is 9.49 Å². The molecule has 0 spiro atoms. The lowest BCUT2D eigenvalue weighted by molar-refractivity contribution is 0.0184. The van der Waals surface area contributed by atoms with Crippen LogP contribution in [0.5, 0.6) is 5.75 Å². The van der Waals surface area contributed by atoms with Crippen LogP contribution in [-0.2, 0) is 0 Å². The SMILES string of the molecule is FCCCN1CC(Oc2ccc(C(=C(c3ccccc3)C(F)C(F)F)c3ccc4n[nH]c(F)c4c3)cc2)C1. The van der Waals surface area contributed by atoms with Gasteiger partial charge < -0.3 is 4.74 Å². The summed E-state index contributed by atoms with van der Waals surface area (Å²) in [5.41, 5.74) is 1.53. The first-order valence-electron chi connectivity index (χ1n) is 12.4. The van der Waals surface area contributed by atoms with E-state index in [1.54, 1.807) is 66.7 Å². The Morgan fingerprint density at radius 2 is 1.66 bits per heavy atom. The van der Waals surface area contributed by atoms with Crippen LogP contribution < -0.4 is 4.74 Å². The smallest absolute Gasteiger partial charge is 0.273 e. The number of hydrogen-bond acceptors (Lipinski definition) is 3. The highest BCUT2D eigenvalue weighted by Crippen LogP contribution is 2.39. The van der Waals surface area contributed by atoms with E-state index in [1.165, 1.54) is 6.07 Å². The van der Waals surface area contributed by atoms with E-state index < -0.39 is 18.5 Å². The number of halogens is 5. The molecule has 198 valence electrons. The number of aromatic nitrogens is 2. The second kappa shape index (κ2) is 11.3. The van der Waals surface area contributed by atoms with Crippen LogP contribution in [0.4, 0.5) is 22.0 Å². The predicted molar refractivity (Wildman–Crippen MR) is 137 cm³/mol. The molecule has 3 aromatic carbocycles. The van der Waals surface area contributed by atoms with Crippen LogP contribution in [0, 0.1) is 5.95 Å². The Bertz CT molecular complexity index is 1400. The number of aromatic amines is 1. The lowest BCUT2D eigenvalue weighted by Crippen LogP contribution is -2.53. The number of ether oxygens (including phenoxy) is 1. The largest absolute Gasteiger partial charge is 0.488 e. The van der Waals surface area contributed by atoms with Gasteiger partial charge in [0.15, 0.2) is 6.17 Å². The van der Waals surface area contributed by atoms with Gasteiger partial charge in [-0.1, -0.05) is 48.5 Å². The van der Waals surface area contributed by atoms with Gasteiger partial charge in [-0.15, -0.1) is 0 Å². The fourth-order valence-electron chi connectivity index (χ4n) is 4.75. The van der Waals surface area contributed by atoms with E-state index in [4.69, 9.17) is 4.74 Å². The number of hydrogen-bond donors (Lipinski definition) is 1. The van der Waals surface area contributed by atoms with Crippen LogP contribution >= 0.6 is 0 Å². The van der Waals surface area contributed by atoms with Crippen LogP contribution in [0.2, 0.25) is 0 Å². The first-order valence-corrected chi connectivity index (χ1v) is 12.4. The molecule has 0 saturated carbocycles. The molecule has 1 unspecified atom stereocenters. The van der Waals surface area contributed by atoms with Crippen molar-refractivity contribution in [1.82, 2.24) is 15.1 Å². The Kier molecular flexibility index (Phi) is 7.74. The molecule has 1 N–H and O–H groups in total. The number of nitrogens with zero attached hydrogens (tertiary/aromatic N) is 2. The van der Waals surface area contributed by atoms with Crippen molar-refractivity contribution < 1.29 is 26.7 Å². The zero-order valence-electron chi connectivity index (χ0n) is 20.4. The maximum Gasteiger partial charge on any atom is 0.273 e. The summed E-state index contributed by atoms with van der Waals surface area (Å²) in [5.74, 6) is -0.0931. The van der Waals surface area contributed by atoms with Gasteiger partial charge in [0.05, 0.1) is 17.6 Å². The molecule has 0 amide bonds. The van der Waals surface area contributed by atoms with E-state index in [-0.39, 0.29) is 29.3 Å². The van der Waals surface area contributed by atoms with Gasteiger partial charge in [-0.3, -0.25) is 14.4 Å². The maximum atomic E-state index is 15.3. The summed E-state index contributed by atoms with van der Waals surface area (Å²) in [6.07, 6.45) is -5.39. The molecule has 1 aliphatic rings. The second-order valence-corrected chi connectivity index (χ2v) is 9.23. The first kappa shape index (κ1) is 25.9. The monoisotopic (exact) mass is 527 g/mol. The van der Waals surface area contributed by atoms with Crippen molar-refractivity contribution in [3.63, 3.8) is 0 Å². The van der Waals surface area contributed by atoms with Gasteiger partial charge in [0.25, 0.3) is 6.43 Å². The lowest BCUT2D eigenvalue weighted by atomic mass is 9.87. The fourth-order valence-corrected chi connectivity index (χ4v) is 4.75.